The molecular weight excluding hydrogens is 380 g/mol. The van der Waals surface area contributed by atoms with Crippen LogP contribution in [0.1, 0.15) is 31.7 Å². The Labute approximate surface area is 164 Å². The Morgan fingerprint density at radius 2 is 1.89 bits per heavy atom. The van der Waals surface area contributed by atoms with Crippen molar-refractivity contribution in [3.63, 3.8) is 0 Å². The van der Waals surface area contributed by atoms with Crippen molar-refractivity contribution in [2.45, 2.75) is 31.1 Å². The van der Waals surface area contributed by atoms with E-state index < -0.39 is 10.0 Å². The molecule has 1 aromatic carbocycles. The van der Waals surface area contributed by atoms with Gasteiger partial charge in [-0.3, -0.25) is 5.43 Å². The maximum Gasteiger partial charge on any atom is 0.244 e. The van der Waals surface area contributed by atoms with Crippen LogP contribution in [0.2, 0.25) is 0 Å². The van der Waals surface area contributed by atoms with Crippen LogP contribution < -0.4 is 14.9 Å². The van der Waals surface area contributed by atoms with Crippen LogP contribution in [0.15, 0.2) is 46.5 Å². The summed E-state index contributed by atoms with van der Waals surface area (Å²) in [5.74, 6) is 1.88. The fraction of sp³-hybridized carbons (Fsp3) is 0.368. The Balaban J connectivity index is 1.45. The standard InChI is InChI=1S/C19H22N4O4S/c1-14(15-5-7-17-18(11-15)27-13-26-17)21-22-19-8-6-16(12-20-19)28(24,25)23-9-3-2-4-10-23/h5-8,11-12H,2-4,9-10,13H2,1H3,(H,20,22)/b21-14+. The van der Waals surface area contributed by atoms with Crippen LogP contribution in [0.4, 0.5) is 5.82 Å². The van der Waals surface area contributed by atoms with Crippen molar-refractivity contribution in [2.75, 3.05) is 25.3 Å². The van der Waals surface area contributed by atoms with E-state index in [1.807, 2.05) is 25.1 Å². The predicted molar refractivity (Wildman–Crippen MR) is 105 cm³/mol. The number of hydrogen-bond acceptors (Lipinski definition) is 7. The first-order chi connectivity index (χ1) is 13.5. The topological polar surface area (TPSA) is 93.1 Å². The molecule has 1 aromatic heterocycles. The first-order valence-corrected chi connectivity index (χ1v) is 10.6. The Kier molecular flexibility index (Phi) is 5.19. The highest BCUT2D eigenvalue weighted by Gasteiger charge is 2.26. The summed E-state index contributed by atoms with van der Waals surface area (Å²) in [6, 6.07) is 8.79. The molecule has 1 N–H and O–H groups in total. The largest absolute Gasteiger partial charge is 0.454 e. The molecule has 1 fully saturated rings. The number of sulfonamides is 1. The van der Waals surface area contributed by atoms with Crippen LogP contribution in [-0.2, 0) is 10.0 Å². The molecular formula is C19H22N4O4S. The van der Waals surface area contributed by atoms with Crippen LogP contribution in [-0.4, -0.2) is 43.3 Å². The average molecular weight is 402 g/mol. The van der Waals surface area contributed by atoms with Gasteiger partial charge in [-0.15, -0.1) is 0 Å². The molecule has 2 aromatic rings. The minimum absolute atomic E-state index is 0.205. The van der Waals surface area contributed by atoms with Crippen molar-refractivity contribution in [3.8, 4) is 11.5 Å². The maximum atomic E-state index is 12.7. The molecule has 148 valence electrons. The minimum Gasteiger partial charge on any atom is -0.454 e. The van der Waals surface area contributed by atoms with Crippen LogP contribution in [0.25, 0.3) is 0 Å². The molecule has 0 unspecified atom stereocenters. The molecule has 0 spiro atoms. The second-order valence-corrected chi connectivity index (χ2v) is 8.66. The molecule has 0 atom stereocenters. The minimum atomic E-state index is -3.48. The van der Waals surface area contributed by atoms with E-state index >= 15 is 0 Å². The molecule has 9 heteroatoms. The zero-order valence-electron chi connectivity index (χ0n) is 15.6. The first kappa shape index (κ1) is 18.7. The van der Waals surface area contributed by atoms with Gasteiger partial charge < -0.3 is 9.47 Å². The van der Waals surface area contributed by atoms with Crippen molar-refractivity contribution in [3.05, 3.63) is 42.1 Å². The highest BCUT2D eigenvalue weighted by molar-refractivity contribution is 7.89. The fourth-order valence-electron chi connectivity index (χ4n) is 3.18. The summed E-state index contributed by atoms with van der Waals surface area (Å²) in [5, 5.41) is 4.32. The third-order valence-electron chi connectivity index (χ3n) is 4.82. The summed E-state index contributed by atoms with van der Waals surface area (Å²) in [6.45, 7) is 3.23. The number of ether oxygens (including phenoxy) is 2. The summed E-state index contributed by atoms with van der Waals surface area (Å²) < 4.78 is 37.5. The Bertz CT molecular complexity index is 983. The Hall–Kier alpha value is -2.65. The van der Waals surface area contributed by atoms with Gasteiger partial charge in [0.1, 0.15) is 10.7 Å². The van der Waals surface area contributed by atoms with E-state index in [0.29, 0.717) is 24.7 Å². The normalized spacial score (nSPS) is 17.5. The molecule has 0 saturated carbocycles. The van der Waals surface area contributed by atoms with Crippen LogP contribution in [0, 0.1) is 0 Å². The quantitative estimate of drug-likeness (QED) is 0.611. The van der Waals surface area contributed by atoms with Gasteiger partial charge >= 0.3 is 0 Å². The summed E-state index contributed by atoms with van der Waals surface area (Å²) >= 11 is 0. The van der Waals surface area contributed by atoms with Crippen LogP contribution in [0.5, 0.6) is 11.5 Å². The van der Waals surface area contributed by atoms with E-state index in [9.17, 15) is 8.42 Å². The number of anilines is 1. The van der Waals surface area contributed by atoms with Crippen molar-refractivity contribution in [1.29, 1.82) is 0 Å². The first-order valence-electron chi connectivity index (χ1n) is 9.20. The molecule has 0 amide bonds. The predicted octanol–water partition coefficient (Wildman–Crippen LogP) is 2.82. The highest BCUT2D eigenvalue weighted by atomic mass is 32.2. The maximum absolute atomic E-state index is 12.7. The number of aromatic nitrogens is 1. The van der Waals surface area contributed by atoms with Gasteiger partial charge in [-0.1, -0.05) is 6.42 Å². The summed E-state index contributed by atoms with van der Waals surface area (Å²) in [5.41, 5.74) is 4.50. The van der Waals surface area contributed by atoms with E-state index in [1.54, 1.807) is 12.1 Å². The van der Waals surface area contributed by atoms with Gasteiger partial charge in [0.2, 0.25) is 16.8 Å². The highest BCUT2D eigenvalue weighted by Crippen LogP contribution is 2.32. The van der Waals surface area contributed by atoms with Crippen LogP contribution >= 0.6 is 0 Å². The molecule has 2 aliphatic heterocycles. The van der Waals surface area contributed by atoms with E-state index in [2.05, 4.69) is 15.5 Å². The molecule has 1 saturated heterocycles. The van der Waals surface area contributed by atoms with Crippen molar-refractivity contribution in [2.24, 2.45) is 5.10 Å². The number of benzene rings is 1. The Morgan fingerprint density at radius 3 is 2.64 bits per heavy atom. The monoisotopic (exact) mass is 402 g/mol. The molecule has 8 nitrogen and oxygen atoms in total. The number of nitrogens with zero attached hydrogens (tertiary/aromatic N) is 3. The number of pyridine rings is 1. The van der Waals surface area contributed by atoms with E-state index in [4.69, 9.17) is 9.47 Å². The average Bonchev–Trinajstić information content (AvgIpc) is 3.21. The van der Waals surface area contributed by atoms with Crippen molar-refractivity contribution >= 4 is 21.6 Å². The summed E-state index contributed by atoms with van der Waals surface area (Å²) in [7, 11) is -3.48. The zero-order chi connectivity index (χ0) is 19.6. The molecule has 0 bridgehead atoms. The lowest BCUT2D eigenvalue weighted by Gasteiger charge is -2.25. The zero-order valence-corrected chi connectivity index (χ0v) is 16.4. The molecule has 0 aliphatic carbocycles. The van der Waals surface area contributed by atoms with E-state index in [1.165, 1.54) is 10.5 Å². The van der Waals surface area contributed by atoms with Crippen molar-refractivity contribution in [1.82, 2.24) is 9.29 Å². The number of nitrogens with one attached hydrogen (secondary N) is 1. The summed E-state index contributed by atoms with van der Waals surface area (Å²) in [6.07, 6.45) is 4.26. The number of hydrazone groups is 1. The Morgan fingerprint density at radius 1 is 1.11 bits per heavy atom. The van der Waals surface area contributed by atoms with Gasteiger partial charge in [0, 0.05) is 24.8 Å². The van der Waals surface area contributed by atoms with Gasteiger partial charge in [0.15, 0.2) is 11.5 Å². The number of hydrogen-bond donors (Lipinski definition) is 1. The van der Waals surface area contributed by atoms with Gasteiger partial charge in [-0.25, -0.2) is 13.4 Å². The summed E-state index contributed by atoms with van der Waals surface area (Å²) in [4.78, 5) is 4.40. The SMILES string of the molecule is C/C(=N\Nc1ccc(S(=O)(=O)N2CCCCC2)cn1)c1ccc2c(c1)OCO2. The third kappa shape index (κ3) is 3.81. The molecule has 2 aliphatic rings. The lowest BCUT2D eigenvalue weighted by Crippen LogP contribution is -2.35. The fourth-order valence-corrected chi connectivity index (χ4v) is 4.64. The lowest BCUT2D eigenvalue weighted by molar-refractivity contribution is 0.174. The second-order valence-electron chi connectivity index (χ2n) is 6.72. The lowest BCUT2D eigenvalue weighted by atomic mass is 10.1. The van der Waals surface area contributed by atoms with Gasteiger partial charge in [0.25, 0.3) is 0 Å². The molecule has 3 heterocycles. The van der Waals surface area contributed by atoms with E-state index in [0.717, 1.165) is 36.3 Å². The van der Waals surface area contributed by atoms with Crippen LogP contribution in [0.3, 0.4) is 0 Å². The molecule has 4 rings (SSSR count). The number of fused-ring (bicyclic) bond motifs is 1. The second kappa shape index (κ2) is 7.76. The van der Waals surface area contributed by atoms with Gasteiger partial charge in [-0.05, 0) is 50.1 Å². The van der Waals surface area contributed by atoms with Gasteiger partial charge in [0.05, 0.1) is 5.71 Å². The smallest absolute Gasteiger partial charge is 0.244 e. The van der Waals surface area contributed by atoms with Crippen molar-refractivity contribution < 1.29 is 17.9 Å². The number of rotatable bonds is 5. The molecule has 28 heavy (non-hydrogen) atoms. The molecule has 0 radical (unpaired) electrons. The third-order valence-corrected chi connectivity index (χ3v) is 6.70. The number of piperidine rings is 1. The van der Waals surface area contributed by atoms with Gasteiger partial charge in [-0.2, -0.15) is 9.41 Å². The van der Waals surface area contributed by atoms with E-state index in [-0.39, 0.29) is 11.7 Å².